The van der Waals surface area contributed by atoms with Gasteiger partial charge in [-0.2, -0.15) is 0 Å². The zero-order chi connectivity index (χ0) is 12.2. The third-order valence-corrected chi connectivity index (χ3v) is 4.11. The summed E-state index contributed by atoms with van der Waals surface area (Å²) in [4.78, 5) is 4.26. The van der Waals surface area contributed by atoms with Gasteiger partial charge in [-0.3, -0.25) is 0 Å². The van der Waals surface area contributed by atoms with Crippen molar-refractivity contribution in [1.29, 1.82) is 0 Å². The van der Waals surface area contributed by atoms with Crippen LogP contribution in [0.15, 0.2) is 18.2 Å². The Kier molecular flexibility index (Phi) is 4.29. The van der Waals surface area contributed by atoms with Crippen molar-refractivity contribution >= 4 is 15.7 Å². The van der Waals surface area contributed by atoms with Crippen LogP contribution in [0.1, 0.15) is 19.5 Å². The molecule has 0 aliphatic heterocycles. The van der Waals surface area contributed by atoms with Crippen LogP contribution < -0.4 is 5.32 Å². The average molecular weight is 242 g/mol. The van der Waals surface area contributed by atoms with Crippen LogP contribution in [0.5, 0.6) is 0 Å². The molecular formula is C11H18N2O2S. The summed E-state index contributed by atoms with van der Waals surface area (Å²) in [5.41, 5.74) is 0.913. The van der Waals surface area contributed by atoms with Crippen molar-refractivity contribution in [2.24, 2.45) is 0 Å². The maximum atomic E-state index is 11.4. The number of nitrogens with one attached hydrogen (secondary N) is 1. The highest BCUT2D eigenvalue weighted by Crippen LogP contribution is 2.07. The SMILES string of the molecule is CCS(=O)(=O)CC(C)Nc1cccc(C)n1. The normalized spacial score (nSPS) is 13.4. The Morgan fingerprint density at radius 1 is 1.44 bits per heavy atom. The fourth-order valence-electron chi connectivity index (χ4n) is 1.42. The van der Waals surface area contributed by atoms with E-state index in [1.54, 1.807) is 6.92 Å². The summed E-state index contributed by atoms with van der Waals surface area (Å²) in [6.07, 6.45) is 0. The van der Waals surface area contributed by atoms with Crippen molar-refractivity contribution in [2.75, 3.05) is 16.8 Å². The molecule has 90 valence electrons. The number of nitrogens with zero attached hydrogens (tertiary/aromatic N) is 1. The number of sulfone groups is 1. The van der Waals surface area contributed by atoms with E-state index in [0.29, 0.717) is 0 Å². The maximum Gasteiger partial charge on any atom is 0.152 e. The lowest BCUT2D eigenvalue weighted by atomic mass is 10.3. The fraction of sp³-hybridized carbons (Fsp3) is 0.545. The molecule has 1 N–H and O–H groups in total. The molecule has 0 spiro atoms. The molecule has 0 fully saturated rings. The molecule has 1 heterocycles. The highest BCUT2D eigenvalue weighted by molar-refractivity contribution is 7.91. The van der Waals surface area contributed by atoms with E-state index in [1.807, 2.05) is 32.0 Å². The van der Waals surface area contributed by atoms with Crippen molar-refractivity contribution in [3.05, 3.63) is 23.9 Å². The predicted molar refractivity (Wildman–Crippen MR) is 66.4 cm³/mol. The van der Waals surface area contributed by atoms with Gasteiger partial charge in [0, 0.05) is 17.5 Å². The number of hydrogen-bond donors (Lipinski definition) is 1. The molecule has 0 bridgehead atoms. The van der Waals surface area contributed by atoms with E-state index in [-0.39, 0.29) is 17.5 Å². The summed E-state index contributed by atoms with van der Waals surface area (Å²) in [6, 6.07) is 5.51. The van der Waals surface area contributed by atoms with Gasteiger partial charge in [0.2, 0.25) is 0 Å². The molecule has 1 unspecified atom stereocenters. The summed E-state index contributed by atoms with van der Waals surface area (Å²) < 4.78 is 22.8. The van der Waals surface area contributed by atoms with Crippen molar-refractivity contribution in [1.82, 2.24) is 4.98 Å². The molecule has 5 heteroatoms. The average Bonchev–Trinajstić information content (AvgIpc) is 2.16. The Morgan fingerprint density at radius 2 is 2.12 bits per heavy atom. The standard InChI is InChI=1S/C11H18N2O2S/c1-4-16(14,15)8-10(3)13-11-7-5-6-9(2)12-11/h5-7,10H,4,8H2,1-3H3,(H,12,13). The lowest BCUT2D eigenvalue weighted by molar-refractivity contribution is 0.593. The van der Waals surface area contributed by atoms with Crippen molar-refractivity contribution in [3.63, 3.8) is 0 Å². The molecule has 0 aliphatic rings. The van der Waals surface area contributed by atoms with Crippen LogP contribution in [-0.4, -0.2) is 30.9 Å². The highest BCUT2D eigenvalue weighted by atomic mass is 32.2. The van der Waals surface area contributed by atoms with Gasteiger partial charge >= 0.3 is 0 Å². The Hall–Kier alpha value is -1.10. The van der Waals surface area contributed by atoms with Crippen molar-refractivity contribution in [2.45, 2.75) is 26.8 Å². The van der Waals surface area contributed by atoms with Gasteiger partial charge < -0.3 is 5.32 Å². The van der Waals surface area contributed by atoms with Crippen LogP contribution in [0.4, 0.5) is 5.82 Å². The highest BCUT2D eigenvalue weighted by Gasteiger charge is 2.13. The third kappa shape index (κ3) is 4.18. The fourth-order valence-corrected chi connectivity index (χ4v) is 2.50. The molecule has 0 amide bonds. The van der Waals surface area contributed by atoms with Crippen molar-refractivity contribution < 1.29 is 8.42 Å². The van der Waals surface area contributed by atoms with Gasteiger partial charge in [0.1, 0.15) is 5.82 Å². The molecule has 0 aromatic carbocycles. The first-order valence-corrected chi connectivity index (χ1v) is 7.15. The Labute approximate surface area is 97.0 Å². The number of aryl methyl sites for hydroxylation is 1. The molecule has 0 radical (unpaired) electrons. The van der Waals surface area contributed by atoms with Crippen LogP contribution in [0.25, 0.3) is 0 Å². The minimum atomic E-state index is -2.94. The van der Waals surface area contributed by atoms with Crippen LogP contribution in [0.2, 0.25) is 0 Å². The minimum Gasteiger partial charge on any atom is -0.367 e. The second-order valence-electron chi connectivity index (χ2n) is 3.91. The number of rotatable bonds is 5. The molecule has 4 nitrogen and oxygen atoms in total. The summed E-state index contributed by atoms with van der Waals surface area (Å²) in [7, 11) is -2.94. The van der Waals surface area contributed by atoms with Crippen LogP contribution in [0.3, 0.4) is 0 Å². The van der Waals surface area contributed by atoms with E-state index in [0.717, 1.165) is 11.5 Å². The van der Waals surface area contributed by atoms with E-state index >= 15 is 0 Å². The number of hydrogen-bond acceptors (Lipinski definition) is 4. The molecule has 0 saturated carbocycles. The predicted octanol–water partition coefficient (Wildman–Crippen LogP) is 1.63. The first-order valence-electron chi connectivity index (χ1n) is 5.33. The Balaban J connectivity index is 2.62. The van der Waals surface area contributed by atoms with Gasteiger partial charge in [0.15, 0.2) is 9.84 Å². The monoisotopic (exact) mass is 242 g/mol. The third-order valence-electron chi connectivity index (χ3n) is 2.23. The second kappa shape index (κ2) is 5.30. The van der Waals surface area contributed by atoms with Gasteiger partial charge in [-0.25, -0.2) is 13.4 Å². The van der Waals surface area contributed by atoms with E-state index in [9.17, 15) is 8.42 Å². The second-order valence-corrected chi connectivity index (χ2v) is 6.31. The van der Waals surface area contributed by atoms with E-state index in [1.165, 1.54) is 0 Å². The molecule has 0 aliphatic carbocycles. The van der Waals surface area contributed by atoms with Crippen LogP contribution in [-0.2, 0) is 9.84 Å². The molecule has 1 aromatic rings. The van der Waals surface area contributed by atoms with Gasteiger partial charge in [0.25, 0.3) is 0 Å². The zero-order valence-electron chi connectivity index (χ0n) is 9.90. The van der Waals surface area contributed by atoms with Gasteiger partial charge in [-0.15, -0.1) is 0 Å². The van der Waals surface area contributed by atoms with Gasteiger partial charge in [-0.05, 0) is 26.0 Å². The lowest BCUT2D eigenvalue weighted by Crippen LogP contribution is -2.27. The maximum absolute atomic E-state index is 11.4. The summed E-state index contributed by atoms with van der Waals surface area (Å²) in [6.45, 7) is 5.41. The summed E-state index contributed by atoms with van der Waals surface area (Å²) in [5.74, 6) is 1.04. The lowest BCUT2D eigenvalue weighted by Gasteiger charge is -2.14. The van der Waals surface area contributed by atoms with Gasteiger partial charge in [-0.1, -0.05) is 13.0 Å². The number of anilines is 1. The number of aromatic nitrogens is 1. The molecule has 1 aromatic heterocycles. The molecule has 16 heavy (non-hydrogen) atoms. The molecule has 1 rings (SSSR count). The molecule has 0 saturated heterocycles. The van der Waals surface area contributed by atoms with Crippen LogP contribution in [0, 0.1) is 6.92 Å². The first kappa shape index (κ1) is 13.0. The Bertz CT molecular complexity index is 443. The topological polar surface area (TPSA) is 59.1 Å². The van der Waals surface area contributed by atoms with E-state index in [4.69, 9.17) is 0 Å². The minimum absolute atomic E-state index is 0.126. The van der Waals surface area contributed by atoms with Crippen LogP contribution >= 0.6 is 0 Å². The summed E-state index contributed by atoms with van der Waals surface area (Å²) >= 11 is 0. The van der Waals surface area contributed by atoms with E-state index < -0.39 is 9.84 Å². The molecule has 1 atom stereocenters. The molecular weight excluding hydrogens is 224 g/mol. The Morgan fingerprint density at radius 3 is 2.69 bits per heavy atom. The smallest absolute Gasteiger partial charge is 0.152 e. The van der Waals surface area contributed by atoms with Crippen molar-refractivity contribution in [3.8, 4) is 0 Å². The van der Waals surface area contributed by atoms with Gasteiger partial charge in [0.05, 0.1) is 5.75 Å². The van der Waals surface area contributed by atoms with E-state index in [2.05, 4.69) is 10.3 Å². The first-order chi connectivity index (χ1) is 7.43. The largest absolute Gasteiger partial charge is 0.367 e. The number of pyridine rings is 1. The summed E-state index contributed by atoms with van der Waals surface area (Å²) in [5, 5.41) is 3.08. The zero-order valence-corrected chi connectivity index (χ0v) is 10.7. The quantitative estimate of drug-likeness (QED) is 0.852.